The van der Waals surface area contributed by atoms with Gasteiger partial charge in [0.25, 0.3) is 0 Å². The number of nitrogens with zero attached hydrogens (tertiary/aromatic N) is 4. The minimum atomic E-state index is -0.496. The normalized spacial score (nSPS) is 17.2. The molecule has 156 valence electrons. The van der Waals surface area contributed by atoms with E-state index >= 15 is 0 Å². The van der Waals surface area contributed by atoms with E-state index in [1.54, 1.807) is 11.1 Å². The first-order valence-corrected chi connectivity index (χ1v) is 9.98. The third kappa shape index (κ3) is 5.59. The van der Waals surface area contributed by atoms with E-state index in [-0.39, 0.29) is 12.1 Å². The fourth-order valence-electron chi connectivity index (χ4n) is 3.20. The number of hydrogen-bond donors (Lipinski definition) is 0. The van der Waals surface area contributed by atoms with Gasteiger partial charge in [0.2, 0.25) is 5.95 Å². The number of amides is 1. The summed E-state index contributed by atoms with van der Waals surface area (Å²) in [6.45, 7) is 11.9. The lowest BCUT2D eigenvalue weighted by Gasteiger charge is -2.40. The van der Waals surface area contributed by atoms with E-state index in [2.05, 4.69) is 14.9 Å². The van der Waals surface area contributed by atoms with Gasteiger partial charge in [-0.25, -0.2) is 14.8 Å². The molecule has 1 aliphatic heterocycles. The van der Waals surface area contributed by atoms with Crippen LogP contribution in [-0.4, -0.2) is 52.2 Å². The van der Waals surface area contributed by atoms with E-state index < -0.39 is 5.60 Å². The predicted octanol–water partition coefficient (Wildman–Crippen LogP) is 3.81. The highest BCUT2D eigenvalue weighted by Crippen LogP contribution is 2.22. The second-order valence-corrected chi connectivity index (χ2v) is 8.36. The molecule has 1 fully saturated rings. The van der Waals surface area contributed by atoms with Crippen LogP contribution in [0.15, 0.2) is 36.5 Å². The zero-order valence-corrected chi connectivity index (χ0v) is 17.9. The molecule has 0 aliphatic carbocycles. The minimum Gasteiger partial charge on any atom is -0.485 e. The molecular formula is C22H30N4O3. The highest BCUT2D eigenvalue weighted by Gasteiger charge is 2.31. The van der Waals surface area contributed by atoms with Crippen molar-refractivity contribution >= 4 is 12.0 Å². The predicted molar refractivity (Wildman–Crippen MR) is 112 cm³/mol. The number of aryl methyl sites for hydroxylation is 1. The van der Waals surface area contributed by atoms with Crippen LogP contribution >= 0.6 is 0 Å². The van der Waals surface area contributed by atoms with Gasteiger partial charge in [-0.15, -0.1) is 0 Å². The van der Waals surface area contributed by atoms with Gasteiger partial charge in [0.1, 0.15) is 12.2 Å². The first kappa shape index (κ1) is 20.9. The molecule has 2 aromatic rings. The Hall–Kier alpha value is -2.83. The second kappa shape index (κ2) is 8.68. The first-order valence-electron chi connectivity index (χ1n) is 9.98. The summed E-state index contributed by atoms with van der Waals surface area (Å²) >= 11 is 0. The van der Waals surface area contributed by atoms with Crippen LogP contribution in [0.3, 0.4) is 0 Å². The number of benzene rings is 1. The molecule has 1 atom stereocenters. The number of hydrogen-bond acceptors (Lipinski definition) is 6. The van der Waals surface area contributed by atoms with Gasteiger partial charge < -0.3 is 19.3 Å². The van der Waals surface area contributed by atoms with Crippen molar-refractivity contribution in [3.05, 3.63) is 47.8 Å². The molecule has 1 aromatic heterocycles. The molecule has 3 rings (SSSR count). The van der Waals surface area contributed by atoms with Gasteiger partial charge in [0, 0.05) is 25.7 Å². The maximum atomic E-state index is 12.4. The molecule has 1 saturated heterocycles. The quantitative estimate of drug-likeness (QED) is 0.780. The van der Waals surface area contributed by atoms with Gasteiger partial charge in [0.05, 0.1) is 11.9 Å². The van der Waals surface area contributed by atoms with Gasteiger partial charge in [-0.3, -0.25) is 0 Å². The number of piperazine rings is 1. The average Bonchev–Trinajstić information content (AvgIpc) is 2.66. The topological polar surface area (TPSA) is 67.8 Å². The zero-order valence-electron chi connectivity index (χ0n) is 17.9. The number of anilines is 1. The van der Waals surface area contributed by atoms with Crippen molar-refractivity contribution in [2.24, 2.45) is 0 Å². The van der Waals surface area contributed by atoms with Gasteiger partial charge in [-0.1, -0.05) is 30.3 Å². The Morgan fingerprint density at radius 1 is 1.21 bits per heavy atom. The molecule has 0 unspecified atom stereocenters. The largest absolute Gasteiger partial charge is 0.485 e. The van der Waals surface area contributed by atoms with Crippen molar-refractivity contribution in [2.75, 3.05) is 24.5 Å². The van der Waals surface area contributed by atoms with Crippen molar-refractivity contribution < 1.29 is 14.3 Å². The molecule has 0 bridgehead atoms. The highest BCUT2D eigenvalue weighted by molar-refractivity contribution is 5.69. The molecule has 7 nitrogen and oxygen atoms in total. The standard InChI is InChI=1S/C22H30N4O3/c1-16-14-25(11-12-26(16)21(27)29-22(3,4)5)20-23-13-19(17(2)24-20)28-15-18-9-7-6-8-10-18/h6-10,13,16H,11-12,14-15H2,1-5H3/t16-/m0/s1. The Morgan fingerprint density at radius 3 is 2.55 bits per heavy atom. The van der Waals surface area contributed by atoms with Gasteiger partial charge in [0.15, 0.2) is 5.75 Å². The molecule has 0 N–H and O–H groups in total. The van der Waals surface area contributed by atoms with Gasteiger partial charge >= 0.3 is 6.09 Å². The van der Waals surface area contributed by atoms with E-state index in [1.807, 2.05) is 65.0 Å². The number of carbonyl (C=O) groups is 1. The number of rotatable bonds is 4. The SMILES string of the molecule is Cc1nc(N2CCN(C(=O)OC(C)(C)C)[C@@H](C)C2)ncc1OCc1ccccc1. The first-order chi connectivity index (χ1) is 13.7. The van der Waals surface area contributed by atoms with Crippen LogP contribution in [0.5, 0.6) is 5.75 Å². The van der Waals surface area contributed by atoms with Crippen LogP contribution in [0, 0.1) is 6.92 Å². The van der Waals surface area contributed by atoms with E-state index in [0.717, 1.165) is 11.3 Å². The molecular weight excluding hydrogens is 368 g/mol. The maximum Gasteiger partial charge on any atom is 0.410 e. The zero-order chi connectivity index (χ0) is 21.0. The van der Waals surface area contributed by atoms with Crippen LogP contribution in [0.1, 0.15) is 39.0 Å². The van der Waals surface area contributed by atoms with Crippen molar-refractivity contribution in [3.63, 3.8) is 0 Å². The third-order valence-electron chi connectivity index (χ3n) is 4.70. The fourth-order valence-corrected chi connectivity index (χ4v) is 3.20. The van der Waals surface area contributed by atoms with E-state index in [4.69, 9.17) is 9.47 Å². The van der Waals surface area contributed by atoms with E-state index in [1.165, 1.54) is 0 Å². The molecule has 1 aromatic carbocycles. The van der Waals surface area contributed by atoms with Crippen molar-refractivity contribution in [1.82, 2.24) is 14.9 Å². The Labute approximate surface area is 172 Å². The van der Waals surface area contributed by atoms with Crippen LogP contribution in [0.4, 0.5) is 10.7 Å². The second-order valence-electron chi connectivity index (χ2n) is 8.36. The molecule has 0 saturated carbocycles. The lowest BCUT2D eigenvalue weighted by atomic mass is 10.2. The van der Waals surface area contributed by atoms with E-state index in [9.17, 15) is 4.79 Å². The Morgan fingerprint density at radius 2 is 1.93 bits per heavy atom. The van der Waals surface area contributed by atoms with Gasteiger partial charge in [-0.2, -0.15) is 0 Å². The molecule has 7 heteroatoms. The lowest BCUT2D eigenvalue weighted by Crippen LogP contribution is -2.55. The summed E-state index contributed by atoms with van der Waals surface area (Å²) in [6, 6.07) is 10.0. The average molecular weight is 399 g/mol. The van der Waals surface area contributed by atoms with E-state index in [0.29, 0.717) is 37.9 Å². The van der Waals surface area contributed by atoms with Gasteiger partial charge in [-0.05, 0) is 40.2 Å². The highest BCUT2D eigenvalue weighted by atomic mass is 16.6. The number of aromatic nitrogens is 2. The minimum absolute atomic E-state index is 0.0107. The number of ether oxygens (including phenoxy) is 2. The third-order valence-corrected chi connectivity index (χ3v) is 4.70. The summed E-state index contributed by atoms with van der Waals surface area (Å²) < 4.78 is 11.4. The monoisotopic (exact) mass is 398 g/mol. The smallest absolute Gasteiger partial charge is 0.410 e. The summed E-state index contributed by atoms with van der Waals surface area (Å²) in [5.74, 6) is 1.34. The van der Waals surface area contributed by atoms with Crippen molar-refractivity contribution in [1.29, 1.82) is 0 Å². The van der Waals surface area contributed by atoms with Crippen LogP contribution in [0.2, 0.25) is 0 Å². The lowest BCUT2D eigenvalue weighted by molar-refractivity contribution is 0.0158. The Balaban J connectivity index is 1.60. The summed E-state index contributed by atoms with van der Waals surface area (Å²) in [5, 5.41) is 0. The Bertz CT molecular complexity index is 836. The molecule has 2 heterocycles. The molecule has 29 heavy (non-hydrogen) atoms. The molecule has 0 spiro atoms. The molecule has 1 aliphatic rings. The maximum absolute atomic E-state index is 12.4. The fraction of sp³-hybridized carbons (Fsp3) is 0.500. The van der Waals surface area contributed by atoms with Crippen LogP contribution < -0.4 is 9.64 Å². The summed E-state index contributed by atoms with van der Waals surface area (Å²) in [4.78, 5) is 25.4. The Kier molecular flexibility index (Phi) is 6.25. The molecule has 0 radical (unpaired) electrons. The number of carbonyl (C=O) groups excluding carboxylic acids is 1. The van der Waals surface area contributed by atoms with Crippen molar-refractivity contribution in [2.45, 2.75) is 52.9 Å². The molecule has 1 amide bonds. The summed E-state index contributed by atoms with van der Waals surface area (Å²) in [7, 11) is 0. The van der Waals surface area contributed by atoms with Crippen LogP contribution in [0.25, 0.3) is 0 Å². The summed E-state index contributed by atoms with van der Waals surface area (Å²) in [5.41, 5.74) is 1.40. The van der Waals surface area contributed by atoms with Crippen molar-refractivity contribution in [3.8, 4) is 5.75 Å². The summed E-state index contributed by atoms with van der Waals surface area (Å²) in [6.07, 6.45) is 1.46. The van der Waals surface area contributed by atoms with Crippen LogP contribution in [-0.2, 0) is 11.3 Å².